The van der Waals surface area contributed by atoms with Crippen molar-refractivity contribution in [3.05, 3.63) is 106 Å². The number of aliphatic hydroxyl groups is 1. The maximum atomic E-state index is 15.5. The number of hydrogen-bond acceptors (Lipinski definition) is 12. The number of esters is 1. The molecule has 0 radical (unpaired) electrons. The molecular formula is C53H70N6O6. The Labute approximate surface area is 385 Å². The number of Topliss-reactive ketones (excluding diaryl/α,β-unsaturated/α-hetero) is 2. The Morgan fingerprint density at radius 3 is 2.58 bits per heavy atom. The van der Waals surface area contributed by atoms with Crippen LogP contribution in [0.1, 0.15) is 136 Å². The summed E-state index contributed by atoms with van der Waals surface area (Å²) in [5.41, 5.74) is 6.09. The molecule has 2 saturated carbocycles. The highest BCUT2D eigenvalue weighted by Crippen LogP contribution is 2.60. The SMILES string of the molecule is CCNC1CC2C=CCCC2CC1COC(=O)C12OC1(CC(CO)=C(C)CC1(c3ccnc(NCNC)c3)CCCCC1)C(=O)c1cccc(CC(C)(C)Cc3ccc(N)nc3)c1C2=O. The van der Waals surface area contributed by atoms with Crippen LogP contribution in [0.3, 0.4) is 0 Å². The Kier molecular flexibility index (Phi) is 13.8. The predicted octanol–water partition coefficient (Wildman–Crippen LogP) is 7.85. The van der Waals surface area contributed by atoms with Gasteiger partial charge >= 0.3 is 5.97 Å². The van der Waals surface area contributed by atoms with Crippen molar-refractivity contribution in [2.45, 2.75) is 134 Å². The Hall–Kier alpha value is -4.75. The summed E-state index contributed by atoms with van der Waals surface area (Å²) in [5.74, 6) is 0.477. The number of ether oxygens (including phenoxy) is 2. The molecule has 1 aliphatic heterocycles. The van der Waals surface area contributed by atoms with E-state index in [-0.39, 0.29) is 53.6 Å². The van der Waals surface area contributed by atoms with Crippen molar-refractivity contribution in [1.82, 2.24) is 20.6 Å². The average molecular weight is 887 g/mol. The lowest BCUT2D eigenvalue weighted by atomic mass is 9.65. The van der Waals surface area contributed by atoms with E-state index in [9.17, 15) is 5.11 Å². The Morgan fingerprint density at radius 1 is 1.03 bits per heavy atom. The smallest absolute Gasteiger partial charge is 0.350 e. The molecule has 65 heavy (non-hydrogen) atoms. The van der Waals surface area contributed by atoms with Crippen LogP contribution in [0.2, 0.25) is 0 Å². The summed E-state index contributed by atoms with van der Waals surface area (Å²) in [6, 6.07) is 13.5. The lowest BCUT2D eigenvalue weighted by molar-refractivity contribution is -0.150. The van der Waals surface area contributed by atoms with Gasteiger partial charge in [-0.1, -0.05) is 82.0 Å². The number of allylic oxidation sites excluding steroid dienone is 3. The van der Waals surface area contributed by atoms with Gasteiger partial charge in [0.05, 0.1) is 19.9 Å². The van der Waals surface area contributed by atoms with E-state index in [1.54, 1.807) is 18.3 Å². The zero-order chi connectivity index (χ0) is 46.0. The molecule has 3 fully saturated rings. The highest BCUT2D eigenvalue weighted by atomic mass is 16.7. The fraction of sp³-hybridized carbons (Fsp3) is 0.566. The lowest BCUT2D eigenvalue weighted by Gasteiger charge is -2.42. The predicted molar refractivity (Wildman–Crippen MR) is 254 cm³/mol. The number of aliphatic hydroxyl groups excluding tert-OH is 1. The van der Waals surface area contributed by atoms with E-state index in [0.29, 0.717) is 54.7 Å². The van der Waals surface area contributed by atoms with Gasteiger partial charge in [0, 0.05) is 41.9 Å². The molecule has 6 unspecified atom stereocenters. The van der Waals surface area contributed by atoms with Crippen molar-refractivity contribution in [2.75, 3.05) is 44.5 Å². The number of carbonyl (C=O) groups is 3. The number of nitrogen functional groups attached to an aromatic ring is 1. The fourth-order valence-corrected chi connectivity index (χ4v) is 12.1. The summed E-state index contributed by atoms with van der Waals surface area (Å²) in [6.07, 6.45) is 19.1. The maximum absolute atomic E-state index is 15.5. The number of ketones is 2. The molecule has 1 saturated heterocycles. The van der Waals surface area contributed by atoms with Crippen molar-refractivity contribution in [3.63, 3.8) is 0 Å². The maximum Gasteiger partial charge on any atom is 0.350 e. The third kappa shape index (κ3) is 9.20. The third-order valence-corrected chi connectivity index (χ3v) is 15.4. The highest BCUT2D eigenvalue weighted by Gasteiger charge is 2.86. The van der Waals surface area contributed by atoms with E-state index in [1.807, 2.05) is 38.4 Å². The monoisotopic (exact) mass is 887 g/mol. The second-order valence-electron chi connectivity index (χ2n) is 20.5. The quantitative estimate of drug-likeness (QED) is 0.0275. The summed E-state index contributed by atoms with van der Waals surface area (Å²) < 4.78 is 12.9. The van der Waals surface area contributed by atoms with Crippen LogP contribution in [0.4, 0.5) is 11.6 Å². The molecule has 348 valence electrons. The minimum atomic E-state index is -2.18. The molecule has 4 aliphatic carbocycles. The Morgan fingerprint density at radius 2 is 1.85 bits per heavy atom. The molecule has 5 aliphatic rings. The Bertz CT molecular complexity index is 2300. The summed E-state index contributed by atoms with van der Waals surface area (Å²) in [4.78, 5) is 54.6. The van der Waals surface area contributed by atoms with Crippen LogP contribution in [-0.4, -0.2) is 83.3 Å². The average Bonchev–Trinajstić information content (AvgIpc) is 4.01. The molecule has 6 atom stereocenters. The number of benzene rings is 1. The molecule has 12 heteroatoms. The van der Waals surface area contributed by atoms with Gasteiger partial charge in [0.1, 0.15) is 11.6 Å². The number of pyridine rings is 2. The van der Waals surface area contributed by atoms with Crippen LogP contribution in [0.15, 0.2) is 78.2 Å². The molecule has 1 aromatic carbocycles. The van der Waals surface area contributed by atoms with E-state index in [1.165, 1.54) is 5.56 Å². The summed E-state index contributed by atoms with van der Waals surface area (Å²) >= 11 is 0. The Balaban J connectivity index is 1.14. The molecule has 0 spiro atoms. The van der Waals surface area contributed by atoms with E-state index in [0.717, 1.165) is 81.3 Å². The van der Waals surface area contributed by atoms with E-state index in [4.69, 9.17) is 15.2 Å². The first-order chi connectivity index (χ1) is 31.3. The number of aromatic nitrogens is 2. The van der Waals surface area contributed by atoms with E-state index in [2.05, 4.69) is 71.0 Å². The second kappa shape index (κ2) is 19.2. The molecule has 6 N–H and O–H groups in total. The topological polar surface area (TPSA) is 181 Å². The van der Waals surface area contributed by atoms with E-state index < -0.39 is 28.7 Å². The first-order valence-electron chi connectivity index (χ1n) is 24.1. The molecule has 3 heterocycles. The molecular weight excluding hydrogens is 817 g/mol. The van der Waals surface area contributed by atoms with Crippen molar-refractivity contribution >= 4 is 29.2 Å². The van der Waals surface area contributed by atoms with Crippen LogP contribution in [-0.2, 0) is 32.5 Å². The van der Waals surface area contributed by atoms with Gasteiger partial charge in [-0.2, -0.15) is 0 Å². The largest absolute Gasteiger partial charge is 0.463 e. The molecule has 8 rings (SSSR count). The lowest BCUT2D eigenvalue weighted by Crippen LogP contribution is -2.52. The summed E-state index contributed by atoms with van der Waals surface area (Å²) in [5, 5.41) is 21.3. The minimum Gasteiger partial charge on any atom is -0.463 e. The zero-order valence-electron chi connectivity index (χ0n) is 39.1. The minimum absolute atomic E-state index is 0.0426. The van der Waals surface area contributed by atoms with Crippen LogP contribution >= 0.6 is 0 Å². The second-order valence-corrected chi connectivity index (χ2v) is 20.5. The van der Waals surface area contributed by atoms with Gasteiger partial charge in [-0.25, -0.2) is 14.8 Å². The molecule has 0 bridgehead atoms. The zero-order valence-corrected chi connectivity index (χ0v) is 39.1. The highest BCUT2D eigenvalue weighted by molar-refractivity contribution is 6.33. The van der Waals surface area contributed by atoms with Gasteiger partial charge < -0.3 is 36.3 Å². The van der Waals surface area contributed by atoms with Crippen molar-refractivity contribution < 1.29 is 29.0 Å². The first kappa shape index (κ1) is 46.8. The molecule has 0 amide bonds. The molecule has 3 aromatic rings. The van der Waals surface area contributed by atoms with Crippen molar-refractivity contribution in [1.29, 1.82) is 0 Å². The number of rotatable bonds is 18. The number of hydrogen-bond donors (Lipinski definition) is 5. The van der Waals surface area contributed by atoms with Crippen LogP contribution < -0.4 is 21.7 Å². The number of fused-ring (bicyclic) bond motifs is 3. The van der Waals surface area contributed by atoms with Gasteiger partial charge in [0.15, 0.2) is 11.4 Å². The van der Waals surface area contributed by atoms with Gasteiger partial charge in [-0.05, 0) is 141 Å². The number of anilines is 2. The van der Waals surface area contributed by atoms with Crippen LogP contribution in [0.5, 0.6) is 0 Å². The fourth-order valence-electron chi connectivity index (χ4n) is 12.1. The van der Waals surface area contributed by atoms with Crippen LogP contribution in [0, 0.1) is 23.2 Å². The number of nitrogens with two attached hydrogens (primary N) is 1. The van der Waals surface area contributed by atoms with Crippen LogP contribution in [0.25, 0.3) is 0 Å². The van der Waals surface area contributed by atoms with Gasteiger partial charge in [0.25, 0.3) is 5.60 Å². The van der Waals surface area contributed by atoms with Gasteiger partial charge in [0.2, 0.25) is 5.78 Å². The summed E-state index contributed by atoms with van der Waals surface area (Å²) in [7, 11) is 1.88. The number of nitrogens with one attached hydrogen (secondary N) is 3. The molecule has 2 aromatic heterocycles. The first-order valence-corrected chi connectivity index (χ1v) is 24.1. The van der Waals surface area contributed by atoms with Gasteiger partial charge in [-0.3, -0.25) is 9.59 Å². The third-order valence-electron chi connectivity index (χ3n) is 15.4. The van der Waals surface area contributed by atoms with Crippen molar-refractivity contribution in [2.24, 2.45) is 23.2 Å². The normalized spacial score (nSPS) is 27.2. The summed E-state index contributed by atoms with van der Waals surface area (Å²) in [6.45, 7) is 9.46. The number of epoxide rings is 1. The molecule has 12 nitrogen and oxygen atoms in total. The van der Waals surface area contributed by atoms with Gasteiger partial charge in [-0.15, -0.1) is 0 Å². The standard InChI is InChI=1S/C53H70N6O6/c1-6-56-43-24-37-14-9-8-13-36(37)23-39(43)32-64-49(63)53-48(62)46-38(28-50(3,4)27-35-17-18-44(54)58-30-35)15-12-16-42(46)47(61)52(53,65-53)29-40(31-60)34(2)26-51(20-10-7-11-21-51)41-19-22-57-45(25-41)59-33-55-5/h9,12,14-19,22,25,30,36-37,39,43,55-56,60H,6-8,10-11,13,20-21,23-24,26-29,31-33H2,1-5H3,(H2,54,58)(H,57,59). The van der Waals surface area contributed by atoms with E-state index >= 15 is 14.4 Å². The number of nitrogens with zero attached hydrogens (tertiary/aromatic N) is 2. The number of carbonyl (C=O) groups excluding carboxylic acids is 3. The van der Waals surface area contributed by atoms with Crippen molar-refractivity contribution in [3.8, 4) is 0 Å².